The largest absolute Gasteiger partial charge is 1.00 e. The van der Waals surface area contributed by atoms with Crippen molar-refractivity contribution < 1.29 is 108 Å². The molecule has 0 radical (unpaired) electrons. The van der Waals surface area contributed by atoms with E-state index in [0.717, 1.165) is 0 Å². The molecule has 0 bridgehead atoms. The van der Waals surface area contributed by atoms with Crippen molar-refractivity contribution in [1.29, 1.82) is 0 Å². The number of aromatic nitrogens is 4. The minimum atomic E-state index is -1.21. The molecule has 0 saturated heterocycles. The van der Waals surface area contributed by atoms with Crippen molar-refractivity contribution in [3.05, 3.63) is 97.1 Å². The van der Waals surface area contributed by atoms with Gasteiger partial charge in [-0.05, 0) is 72.8 Å². The Bertz CT molecular complexity index is 1960. The number of hydrogen-bond donors (Lipinski definition) is 2. The Kier molecular flexibility index (Phi) is 14.6. The number of nitrogens with zero attached hydrogens (tertiary/aromatic N) is 4. The number of ether oxygens (including phenoxy) is 2. The molecular weight excluding hydrogens is 670 g/mol. The molecule has 0 spiro atoms. The van der Waals surface area contributed by atoms with Crippen LogP contribution in [0.25, 0.3) is 44.8 Å². The van der Waals surface area contributed by atoms with Crippen molar-refractivity contribution in [3.63, 3.8) is 0 Å². The van der Waals surface area contributed by atoms with Crippen LogP contribution in [0.4, 0.5) is 0 Å². The third-order valence-electron chi connectivity index (χ3n) is 6.83. The zero-order valence-corrected chi connectivity index (χ0v) is 31.0. The SMILES string of the molecule is O=C([O-])Cn1c(-c2ccc(OCC(=O)O)cc2)nc2ccccc21.O=C([O-])Cn1c(-c2ccc(OCC(=O)O)cc2)nc2ccccc21.[Na+].[Na+]. The summed E-state index contributed by atoms with van der Waals surface area (Å²) in [4.78, 5) is 52.1. The van der Waals surface area contributed by atoms with Gasteiger partial charge in [0.25, 0.3) is 0 Å². The molecule has 2 aromatic heterocycles. The van der Waals surface area contributed by atoms with Crippen molar-refractivity contribution in [3.8, 4) is 34.3 Å². The fourth-order valence-electron chi connectivity index (χ4n) is 4.86. The molecule has 0 aliphatic carbocycles. The Hall–Kier alpha value is -4.70. The van der Waals surface area contributed by atoms with Gasteiger partial charge in [-0.3, -0.25) is 0 Å². The van der Waals surface area contributed by atoms with Gasteiger partial charge in [-0.25, -0.2) is 19.6 Å². The number of rotatable bonds is 12. The predicted octanol–water partition coefficient (Wildman–Crippen LogP) is -4.16. The molecular formula is C34H26N4Na2O10. The molecule has 50 heavy (non-hydrogen) atoms. The second-order valence-electron chi connectivity index (χ2n) is 10.2. The molecule has 244 valence electrons. The van der Waals surface area contributed by atoms with Crippen LogP contribution in [0.2, 0.25) is 0 Å². The summed E-state index contributed by atoms with van der Waals surface area (Å²) in [5.41, 5.74) is 4.14. The summed E-state index contributed by atoms with van der Waals surface area (Å²) in [6.45, 7) is -1.48. The number of hydrogen-bond acceptors (Lipinski definition) is 10. The first kappa shape index (κ1) is 39.7. The summed E-state index contributed by atoms with van der Waals surface area (Å²) in [6, 6.07) is 27.7. The van der Waals surface area contributed by atoms with Crippen LogP contribution in [-0.4, -0.2) is 66.4 Å². The molecule has 0 fully saturated rings. The van der Waals surface area contributed by atoms with Crippen molar-refractivity contribution in [2.75, 3.05) is 13.2 Å². The van der Waals surface area contributed by atoms with Gasteiger partial charge >= 0.3 is 71.1 Å². The predicted molar refractivity (Wildman–Crippen MR) is 167 cm³/mol. The van der Waals surface area contributed by atoms with Gasteiger partial charge in [0, 0.05) is 11.1 Å². The fourth-order valence-corrected chi connectivity index (χ4v) is 4.86. The first-order valence-electron chi connectivity index (χ1n) is 14.3. The average molecular weight is 697 g/mol. The van der Waals surface area contributed by atoms with Gasteiger partial charge in [-0.1, -0.05) is 24.3 Å². The Balaban J connectivity index is 0.000000260. The number of carboxylic acids is 4. The zero-order chi connectivity index (χ0) is 34.2. The van der Waals surface area contributed by atoms with Crippen LogP contribution >= 0.6 is 0 Å². The Morgan fingerprint density at radius 2 is 0.900 bits per heavy atom. The van der Waals surface area contributed by atoms with E-state index in [1.54, 1.807) is 81.9 Å². The number of fused-ring (bicyclic) bond motifs is 2. The third-order valence-corrected chi connectivity index (χ3v) is 6.83. The summed E-state index contributed by atoms with van der Waals surface area (Å²) in [5, 5.41) is 39.3. The van der Waals surface area contributed by atoms with Crippen LogP contribution < -0.4 is 78.8 Å². The second kappa shape index (κ2) is 18.3. The second-order valence-corrected chi connectivity index (χ2v) is 10.2. The van der Waals surface area contributed by atoms with Crippen molar-refractivity contribution in [2.45, 2.75) is 13.1 Å². The minimum Gasteiger partial charge on any atom is -0.548 e. The number of imidazole rings is 2. The van der Waals surface area contributed by atoms with Gasteiger partial charge in [-0.2, -0.15) is 0 Å². The first-order chi connectivity index (χ1) is 23.1. The van der Waals surface area contributed by atoms with E-state index in [9.17, 15) is 29.4 Å². The molecule has 4 aromatic carbocycles. The van der Waals surface area contributed by atoms with Crippen LogP contribution in [-0.2, 0) is 32.3 Å². The topological polar surface area (TPSA) is 209 Å². The maximum atomic E-state index is 11.1. The van der Waals surface area contributed by atoms with Crippen LogP contribution in [0.5, 0.6) is 11.5 Å². The van der Waals surface area contributed by atoms with E-state index in [-0.39, 0.29) is 72.2 Å². The van der Waals surface area contributed by atoms with E-state index in [1.807, 2.05) is 24.3 Å². The van der Waals surface area contributed by atoms with Gasteiger partial charge in [0.05, 0.1) is 47.1 Å². The van der Waals surface area contributed by atoms with E-state index in [0.29, 0.717) is 56.3 Å². The summed E-state index contributed by atoms with van der Waals surface area (Å²) in [6.07, 6.45) is 0. The molecule has 0 saturated carbocycles. The molecule has 0 amide bonds. The summed E-state index contributed by atoms with van der Waals surface area (Å²) in [7, 11) is 0. The molecule has 6 aromatic rings. The van der Waals surface area contributed by atoms with Crippen molar-refractivity contribution >= 4 is 45.9 Å². The number of carbonyl (C=O) groups excluding carboxylic acids is 2. The Morgan fingerprint density at radius 3 is 1.22 bits per heavy atom. The van der Waals surface area contributed by atoms with Gasteiger partial charge in [0.15, 0.2) is 13.2 Å². The number of para-hydroxylation sites is 4. The molecule has 6 rings (SSSR count). The van der Waals surface area contributed by atoms with Crippen LogP contribution in [0.1, 0.15) is 0 Å². The Morgan fingerprint density at radius 1 is 0.560 bits per heavy atom. The number of carbonyl (C=O) groups is 4. The average Bonchev–Trinajstić information content (AvgIpc) is 3.61. The third kappa shape index (κ3) is 10.2. The van der Waals surface area contributed by atoms with Crippen molar-refractivity contribution in [2.24, 2.45) is 0 Å². The number of aliphatic carboxylic acids is 4. The summed E-state index contributed by atoms with van der Waals surface area (Å²) >= 11 is 0. The van der Waals surface area contributed by atoms with E-state index in [2.05, 4.69) is 9.97 Å². The molecule has 14 nitrogen and oxygen atoms in total. The van der Waals surface area contributed by atoms with Crippen LogP contribution in [0, 0.1) is 0 Å². The maximum Gasteiger partial charge on any atom is 1.00 e. The minimum absolute atomic E-state index is 0. The summed E-state index contributed by atoms with van der Waals surface area (Å²) < 4.78 is 13.3. The number of benzene rings is 4. The van der Waals surface area contributed by atoms with E-state index in [1.165, 1.54) is 0 Å². The monoisotopic (exact) mass is 696 g/mol. The zero-order valence-electron chi connectivity index (χ0n) is 27.0. The molecule has 0 unspecified atom stereocenters. The maximum absolute atomic E-state index is 11.1. The standard InChI is InChI=1S/2C17H14N2O5.2Na/c2*20-15(21)9-19-14-4-2-1-3-13(14)18-17(19)11-5-7-12(8-6-11)24-10-16(22)23;;/h2*1-8H,9-10H2,(H,20,21)(H,22,23);;/q;;2*+1/p-2. The molecule has 2 N–H and O–H groups in total. The van der Waals surface area contributed by atoms with E-state index < -0.39 is 37.1 Å². The normalized spacial score (nSPS) is 10.2. The quantitative estimate of drug-likeness (QED) is 0.117. The molecule has 16 heteroatoms. The van der Waals surface area contributed by atoms with Crippen molar-refractivity contribution in [1.82, 2.24) is 19.1 Å². The van der Waals surface area contributed by atoms with E-state index >= 15 is 0 Å². The Labute approximate surface area is 328 Å². The molecule has 0 aliphatic rings. The van der Waals surface area contributed by atoms with Gasteiger partial charge in [-0.15, -0.1) is 0 Å². The van der Waals surface area contributed by atoms with Crippen LogP contribution in [0.15, 0.2) is 97.1 Å². The van der Waals surface area contributed by atoms with Crippen LogP contribution in [0.3, 0.4) is 0 Å². The summed E-state index contributed by atoms with van der Waals surface area (Å²) in [5.74, 6) is -2.74. The number of carboxylic acid groups (broad SMARTS) is 4. The fraction of sp³-hybridized carbons (Fsp3) is 0.118. The molecule has 2 heterocycles. The van der Waals surface area contributed by atoms with Gasteiger partial charge in [0.2, 0.25) is 0 Å². The molecule has 0 atom stereocenters. The molecule has 0 aliphatic heterocycles. The van der Waals surface area contributed by atoms with Gasteiger partial charge in [0.1, 0.15) is 23.1 Å². The first-order valence-corrected chi connectivity index (χ1v) is 14.3. The van der Waals surface area contributed by atoms with Gasteiger partial charge < -0.3 is 48.6 Å². The van der Waals surface area contributed by atoms with E-state index in [4.69, 9.17) is 19.7 Å². The smallest absolute Gasteiger partial charge is 0.548 e.